The van der Waals surface area contributed by atoms with E-state index in [2.05, 4.69) is 46.0 Å². The molecule has 0 fully saturated rings. The van der Waals surface area contributed by atoms with Gasteiger partial charge in [0.05, 0.1) is 0 Å². The smallest absolute Gasteiger partial charge is 0.00670 e. The molecule has 0 rings (SSSR count). The first-order chi connectivity index (χ1) is 8.19. The largest absolute Gasteiger partial charge is 0.179 e. The number of hydrogen-bond acceptors (Lipinski definition) is 2. The number of hydrogen-bond donors (Lipinski definition) is 2. The van der Waals surface area contributed by atoms with Crippen molar-refractivity contribution in [2.45, 2.75) is 65.7 Å². The highest BCUT2D eigenvalue weighted by molar-refractivity contribution is 7.80. The van der Waals surface area contributed by atoms with Crippen LogP contribution in [-0.4, -0.2) is 11.5 Å². The summed E-state index contributed by atoms with van der Waals surface area (Å²) in [5.41, 5.74) is 0. The molecule has 0 bridgehead atoms. The SMILES string of the molecule is CCCCC(CS)CC(C)C(CS)CCCC. The second-order valence-electron chi connectivity index (χ2n) is 5.49. The summed E-state index contributed by atoms with van der Waals surface area (Å²) in [7, 11) is 0. The third-order valence-electron chi connectivity index (χ3n) is 3.90. The first-order valence-corrected chi connectivity index (χ1v) is 8.67. The van der Waals surface area contributed by atoms with Crippen LogP contribution in [-0.2, 0) is 0 Å². The molecular weight excluding hydrogens is 244 g/mol. The molecule has 17 heavy (non-hydrogen) atoms. The molecule has 3 unspecified atom stereocenters. The topological polar surface area (TPSA) is 0 Å². The Labute approximate surface area is 120 Å². The van der Waals surface area contributed by atoms with Gasteiger partial charge in [0.25, 0.3) is 0 Å². The normalized spacial score (nSPS) is 16.8. The summed E-state index contributed by atoms with van der Waals surface area (Å²) in [6.45, 7) is 6.97. The van der Waals surface area contributed by atoms with Gasteiger partial charge < -0.3 is 0 Å². The molecular formula is C15H32S2. The monoisotopic (exact) mass is 276 g/mol. The van der Waals surface area contributed by atoms with Crippen molar-refractivity contribution >= 4 is 25.3 Å². The van der Waals surface area contributed by atoms with Crippen molar-refractivity contribution in [3.05, 3.63) is 0 Å². The Bertz CT molecular complexity index is 159. The van der Waals surface area contributed by atoms with Gasteiger partial charge in [0, 0.05) is 0 Å². The van der Waals surface area contributed by atoms with Crippen LogP contribution in [0.2, 0.25) is 0 Å². The Kier molecular flexibility index (Phi) is 12.3. The van der Waals surface area contributed by atoms with E-state index in [0.717, 1.165) is 29.3 Å². The average Bonchev–Trinajstić information content (AvgIpc) is 2.35. The van der Waals surface area contributed by atoms with E-state index in [-0.39, 0.29) is 0 Å². The average molecular weight is 277 g/mol. The molecule has 0 amide bonds. The van der Waals surface area contributed by atoms with Crippen molar-refractivity contribution in [2.75, 3.05) is 11.5 Å². The van der Waals surface area contributed by atoms with Gasteiger partial charge in [-0.25, -0.2) is 0 Å². The molecule has 0 radical (unpaired) electrons. The van der Waals surface area contributed by atoms with E-state index in [9.17, 15) is 0 Å². The fourth-order valence-electron chi connectivity index (χ4n) is 2.52. The van der Waals surface area contributed by atoms with Crippen molar-refractivity contribution in [3.63, 3.8) is 0 Å². The van der Waals surface area contributed by atoms with Crippen LogP contribution in [0.1, 0.15) is 65.7 Å². The predicted molar refractivity (Wildman–Crippen MR) is 87.5 cm³/mol. The van der Waals surface area contributed by atoms with Gasteiger partial charge in [0.1, 0.15) is 0 Å². The summed E-state index contributed by atoms with van der Waals surface area (Å²) in [4.78, 5) is 0. The minimum absolute atomic E-state index is 0.808. The van der Waals surface area contributed by atoms with E-state index in [0.29, 0.717) is 0 Å². The van der Waals surface area contributed by atoms with Crippen LogP contribution in [0.3, 0.4) is 0 Å². The van der Waals surface area contributed by atoms with Crippen molar-refractivity contribution in [1.82, 2.24) is 0 Å². The first-order valence-electron chi connectivity index (χ1n) is 7.41. The number of rotatable bonds is 11. The maximum absolute atomic E-state index is 4.53. The molecule has 3 atom stereocenters. The minimum atomic E-state index is 0.808. The Morgan fingerprint density at radius 1 is 0.882 bits per heavy atom. The van der Waals surface area contributed by atoms with Gasteiger partial charge >= 0.3 is 0 Å². The maximum Gasteiger partial charge on any atom is -0.00670 e. The highest BCUT2D eigenvalue weighted by atomic mass is 32.1. The zero-order chi connectivity index (χ0) is 13.1. The number of unbranched alkanes of at least 4 members (excludes halogenated alkanes) is 2. The van der Waals surface area contributed by atoms with Crippen molar-refractivity contribution < 1.29 is 0 Å². The van der Waals surface area contributed by atoms with E-state index in [1.54, 1.807) is 0 Å². The van der Waals surface area contributed by atoms with Crippen LogP contribution in [0.4, 0.5) is 0 Å². The lowest BCUT2D eigenvalue weighted by atomic mass is 9.83. The van der Waals surface area contributed by atoms with Gasteiger partial charge in [0.15, 0.2) is 0 Å². The predicted octanol–water partition coefficient (Wildman–Crippen LogP) is 5.49. The van der Waals surface area contributed by atoms with Crippen LogP contribution in [0, 0.1) is 17.8 Å². The van der Waals surface area contributed by atoms with E-state index in [1.165, 1.54) is 44.9 Å². The summed E-state index contributed by atoms with van der Waals surface area (Å²) >= 11 is 9.04. The Morgan fingerprint density at radius 2 is 1.47 bits per heavy atom. The van der Waals surface area contributed by atoms with Crippen molar-refractivity contribution in [1.29, 1.82) is 0 Å². The van der Waals surface area contributed by atoms with E-state index in [4.69, 9.17) is 0 Å². The Morgan fingerprint density at radius 3 is 1.94 bits per heavy atom. The summed E-state index contributed by atoms with van der Waals surface area (Å²) in [5, 5.41) is 0. The molecule has 0 aromatic carbocycles. The molecule has 0 aliphatic rings. The molecule has 0 heterocycles. The minimum Gasteiger partial charge on any atom is -0.179 e. The molecule has 0 aliphatic heterocycles. The summed E-state index contributed by atoms with van der Waals surface area (Å²) < 4.78 is 0. The Hall–Kier alpha value is 0.700. The van der Waals surface area contributed by atoms with Gasteiger partial charge in [-0.15, -0.1) is 0 Å². The highest BCUT2D eigenvalue weighted by Gasteiger charge is 2.19. The molecule has 0 N–H and O–H groups in total. The quantitative estimate of drug-likeness (QED) is 0.458. The second kappa shape index (κ2) is 11.8. The third-order valence-corrected chi connectivity index (χ3v) is 4.88. The van der Waals surface area contributed by atoms with Crippen LogP contribution >= 0.6 is 25.3 Å². The van der Waals surface area contributed by atoms with Gasteiger partial charge in [-0.05, 0) is 48.5 Å². The zero-order valence-electron chi connectivity index (χ0n) is 12.0. The van der Waals surface area contributed by atoms with Gasteiger partial charge in [-0.2, -0.15) is 25.3 Å². The summed E-state index contributed by atoms with van der Waals surface area (Å²) in [5.74, 6) is 4.54. The summed E-state index contributed by atoms with van der Waals surface area (Å²) in [6.07, 6.45) is 9.39. The third kappa shape index (κ3) is 8.42. The molecule has 0 aromatic rings. The van der Waals surface area contributed by atoms with E-state index >= 15 is 0 Å². The Balaban J connectivity index is 4.02. The van der Waals surface area contributed by atoms with Gasteiger partial charge in [-0.1, -0.05) is 46.5 Å². The molecule has 0 saturated heterocycles. The van der Waals surface area contributed by atoms with E-state index < -0.39 is 0 Å². The highest BCUT2D eigenvalue weighted by Crippen LogP contribution is 2.28. The summed E-state index contributed by atoms with van der Waals surface area (Å²) in [6, 6.07) is 0. The van der Waals surface area contributed by atoms with Crippen LogP contribution in [0.25, 0.3) is 0 Å². The van der Waals surface area contributed by atoms with Crippen molar-refractivity contribution in [3.8, 4) is 0 Å². The van der Waals surface area contributed by atoms with E-state index in [1.807, 2.05) is 0 Å². The fourth-order valence-corrected chi connectivity index (χ4v) is 3.39. The molecule has 0 saturated carbocycles. The standard InChI is InChI=1S/C15H32S2/c1-4-6-8-14(11-16)10-13(3)15(12-17)9-7-5-2/h13-17H,4-12H2,1-3H3. The first kappa shape index (κ1) is 17.7. The molecule has 0 aromatic heterocycles. The lowest BCUT2D eigenvalue weighted by molar-refractivity contribution is 0.292. The lowest BCUT2D eigenvalue weighted by Crippen LogP contribution is -2.18. The van der Waals surface area contributed by atoms with Gasteiger partial charge in [0.2, 0.25) is 0 Å². The van der Waals surface area contributed by atoms with Crippen LogP contribution < -0.4 is 0 Å². The molecule has 0 aliphatic carbocycles. The molecule has 2 heteroatoms. The van der Waals surface area contributed by atoms with Crippen LogP contribution in [0.5, 0.6) is 0 Å². The molecule has 0 spiro atoms. The second-order valence-corrected chi connectivity index (χ2v) is 6.22. The zero-order valence-corrected chi connectivity index (χ0v) is 13.8. The fraction of sp³-hybridized carbons (Fsp3) is 1.00. The van der Waals surface area contributed by atoms with Gasteiger partial charge in [-0.3, -0.25) is 0 Å². The number of thiol groups is 2. The maximum atomic E-state index is 4.53. The lowest BCUT2D eigenvalue weighted by Gasteiger charge is -2.26. The molecule has 104 valence electrons. The molecule has 0 nitrogen and oxygen atoms in total. The van der Waals surface area contributed by atoms with Crippen molar-refractivity contribution in [2.24, 2.45) is 17.8 Å². The van der Waals surface area contributed by atoms with Crippen LogP contribution in [0.15, 0.2) is 0 Å².